The number of nitrogens with zero attached hydrogens (tertiary/aromatic N) is 2. The van der Waals surface area contributed by atoms with Crippen LogP contribution in [-0.2, 0) is 9.09 Å². The van der Waals surface area contributed by atoms with Crippen molar-refractivity contribution < 1.29 is 19.5 Å². The quantitative estimate of drug-likeness (QED) is 0.383. The van der Waals surface area contributed by atoms with Crippen molar-refractivity contribution in [1.29, 1.82) is 0 Å². The van der Waals surface area contributed by atoms with Crippen LogP contribution in [0.15, 0.2) is 0 Å². The molecule has 13 heavy (non-hydrogen) atoms. The van der Waals surface area contributed by atoms with E-state index in [1.807, 2.05) is 0 Å². The molecular formula is C7H15N2O3P. The second-order valence-corrected chi connectivity index (χ2v) is 4.69. The third-order valence-corrected chi connectivity index (χ3v) is 3.11. The van der Waals surface area contributed by atoms with Crippen LogP contribution in [0.1, 0.15) is 11.9 Å². The normalized spacial score (nSPS) is 39.5. The molecule has 0 saturated carbocycles. The highest BCUT2D eigenvalue weighted by Gasteiger charge is 2.37. The van der Waals surface area contributed by atoms with Gasteiger partial charge in [-0.05, 0) is 6.42 Å². The van der Waals surface area contributed by atoms with Gasteiger partial charge in [-0.2, -0.15) is 0 Å². The highest BCUT2D eigenvalue weighted by Crippen LogP contribution is 2.50. The number of hydrogen-bond acceptors (Lipinski definition) is 3. The van der Waals surface area contributed by atoms with E-state index in [9.17, 15) is 9.46 Å². The summed E-state index contributed by atoms with van der Waals surface area (Å²) in [6.07, 6.45) is 0.574. The van der Waals surface area contributed by atoms with Crippen molar-refractivity contribution in [2.24, 2.45) is 0 Å². The molecule has 2 saturated heterocycles. The van der Waals surface area contributed by atoms with Crippen LogP contribution < -0.4 is 0 Å². The third kappa shape index (κ3) is 3.04. The Morgan fingerprint density at radius 1 is 1.54 bits per heavy atom. The Hall–Kier alpha value is 0.0700. The van der Waals surface area contributed by atoms with Gasteiger partial charge in [0.1, 0.15) is 0 Å². The van der Waals surface area contributed by atoms with E-state index < -0.39 is 20.7 Å². The van der Waals surface area contributed by atoms with Gasteiger partial charge in [0.2, 0.25) is 0 Å². The fourth-order valence-electron chi connectivity index (χ4n) is 0.972. The number of hydrogen-bond donors (Lipinski definition) is 1. The van der Waals surface area contributed by atoms with Gasteiger partial charge in [0.15, 0.2) is 0 Å². The third-order valence-electron chi connectivity index (χ3n) is 1.88. The maximum Gasteiger partial charge on any atom is 0.405 e. The Kier molecular flexibility index (Phi) is 1.65. The molecule has 2 rings (SSSR count). The molecule has 1 atom stereocenters. The summed E-state index contributed by atoms with van der Waals surface area (Å²) in [4.78, 5) is 11.6. The molecule has 2 aliphatic heterocycles. The lowest BCUT2D eigenvalue weighted by atomic mass is 10.5. The van der Waals surface area contributed by atoms with Gasteiger partial charge in [-0.3, -0.25) is 4.52 Å². The van der Waals surface area contributed by atoms with Crippen LogP contribution in [0.2, 0.25) is 0 Å². The summed E-state index contributed by atoms with van der Waals surface area (Å²) >= 11 is 0. The molecule has 0 aliphatic carbocycles. The average Bonchev–Trinajstić information content (AvgIpc) is 3.00. The molecule has 0 amide bonds. The van der Waals surface area contributed by atoms with E-state index in [1.165, 1.54) is 0 Å². The molecule has 0 aromatic rings. The van der Waals surface area contributed by atoms with Crippen molar-refractivity contribution >= 4 is 7.75 Å². The van der Waals surface area contributed by atoms with Gasteiger partial charge in [0.05, 0.1) is 6.61 Å². The summed E-state index contributed by atoms with van der Waals surface area (Å²) in [5.41, 5.74) is 0. The molecule has 0 aromatic carbocycles. The smallest absolute Gasteiger partial charge is 0.312 e. The first-order chi connectivity index (χ1) is 7.69. The summed E-state index contributed by atoms with van der Waals surface area (Å²) in [7, 11) is -4.37. The predicted molar refractivity (Wildman–Crippen MR) is 48.4 cm³/mol. The summed E-state index contributed by atoms with van der Waals surface area (Å²) in [6, 6.07) is 0. The van der Waals surface area contributed by atoms with Crippen LogP contribution in [-0.4, -0.2) is 53.7 Å². The number of rotatable bonds is 6. The first-order valence-corrected chi connectivity index (χ1v) is 5.73. The molecule has 0 bridgehead atoms. The maximum atomic E-state index is 11.6. The second-order valence-electron chi connectivity index (χ2n) is 3.05. The zero-order chi connectivity index (χ0) is 12.9. The SMILES string of the molecule is [2H]C1([2H])N(P(=O)(O)OCCCN2CC2)C1([2H])[2H]. The molecule has 6 heteroatoms. The summed E-state index contributed by atoms with van der Waals surface area (Å²) in [5.74, 6) is 0. The summed E-state index contributed by atoms with van der Waals surface area (Å²) < 4.78 is 45.5. The van der Waals surface area contributed by atoms with E-state index >= 15 is 0 Å². The van der Waals surface area contributed by atoms with Crippen molar-refractivity contribution in [2.75, 3.05) is 39.2 Å². The van der Waals surface area contributed by atoms with Crippen LogP contribution >= 0.6 is 7.75 Å². The molecule has 1 unspecified atom stereocenters. The van der Waals surface area contributed by atoms with Crippen LogP contribution in [0.3, 0.4) is 0 Å². The minimum atomic E-state index is -4.37. The molecule has 0 aromatic heterocycles. The van der Waals surface area contributed by atoms with Gasteiger partial charge in [-0.15, -0.1) is 0 Å². The first kappa shape index (κ1) is 5.83. The maximum absolute atomic E-state index is 11.6. The van der Waals surface area contributed by atoms with Gasteiger partial charge in [-0.25, -0.2) is 9.24 Å². The van der Waals surface area contributed by atoms with Gasteiger partial charge in [-0.1, -0.05) is 0 Å². The standard InChI is InChI=1S/C7H15N2O3P/c10-13(11,9-5-6-9)12-7-1-2-8-3-4-8/h1-7H2,(H,10,11)/i5D2,6D2. The van der Waals surface area contributed by atoms with Crippen LogP contribution in [0.4, 0.5) is 0 Å². The highest BCUT2D eigenvalue weighted by atomic mass is 31.2. The van der Waals surface area contributed by atoms with Gasteiger partial charge < -0.3 is 9.79 Å². The molecule has 5 nitrogen and oxygen atoms in total. The topological polar surface area (TPSA) is 52.6 Å². The minimum absolute atomic E-state index is 0.0208. The van der Waals surface area contributed by atoms with Crippen molar-refractivity contribution in [3.63, 3.8) is 0 Å². The first-order valence-electron chi connectivity index (χ1n) is 6.20. The van der Waals surface area contributed by atoms with Crippen molar-refractivity contribution in [3.05, 3.63) is 0 Å². The summed E-state index contributed by atoms with van der Waals surface area (Å²) in [5, 5.41) is 0. The zero-order valence-corrected chi connectivity index (χ0v) is 8.04. The lowest BCUT2D eigenvalue weighted by Crippen LogP contribution is -2.05. The van der Waals surface area contributed by atoms with Crippen molar-refractivity contribution in [3.8, 4) is 0 Å². The Balaban J connectivity index is 1.80. The van der Waals surface area contributed by atoms with Gasteiger partial charge >= 0.3 is 7.75 Å². The van der Waals surface area contributed by atoms with Crippen LogP contribution in [0.25, 0.3) is 0 Å². The fraction of sp³-hybridized carbons (Fsp3) is 1.00. The monoisotopic (exact) mass is 210 g/mol. The minimum Gasteiger partial charge on any atom is -0.312 e. The van der Waals surface area contributed by atoms with Crippen LogP contribution in [0.5, 0.6) is 0 Å². The molecule has 2 heterocycles. The fourth-order valence-corrected chi connectivity index (χ4v) is 1.75. The van der Waals surface area contributed by atoms with Crippen LogP contribution in [0, 0.1) is 0 Å². The predicted octanol–water partition coefficient (Wildman–Crippen LogP) is 0.125. The molecule has 1 N–H and O–H groups in total. The van der Waals surface area contributed by atoms with E-state index in [-0.39, 0.29) is 11.3 Å². The van der Waals surface area contributed by atoms with Gasteiger partial charge in [0, 0.05) is 38.1 Å². The van der Waals surface area contributed by atoms with Gasteiger partial charge in [0.25, 0.3) is 0 Å². The Morgan fingerprint density at radius 3 is 2.77 bits per heavy atom. The molecular weight excluding hydrogens is 191 g/mol. The van der Waals surface area contributed by atoms with E-state index in [0.29, 0.717) is 6.42 Å². The van der Waals surface area contributed by atoms with E-state index in [0.717, 1.165) is 19.6 Å². The Morgan fingerprint density at radius 2 is 2.23 bits per heavy atom. The Bertz CT molecular complexity index is 349. The molecule has 2 aliphatic rings. The van der Waals surface area contributed by atoms with E-state index in [2.05, 4.69) is 4.90 Å². The molecule has 2 fully saturated rings. The molecule has 0 spiro atoms. The Labute approximate surface area is 83.5 Å². The van der Waals surface area contributed by atoms with E-state index in [4.69, 9.17) is 10.0 Å². The highest BCUT2D eigenvalue weighted by molar-refractivity contribution is 7.50. The van der Waals surface area contributed by atoms with E-state index in [1.54, 1.807) is 0 Å². The second kappa shape index (κ2) is 3.67. The lowest BCUT2D eigenvalue weighted by molar-refractivity contribution is 0.228. The molecule has 0 radical (unpaired) electrons. The summed E-state index contributed by atoms with van der Waals surface area (Å²) in [6.45, 7) is -2.00. The van der Waals surface area contributed by atoms with Crippen molar-refractivity contribution in [1.82, 2.24) is 9.57 Å². The molecule has 76 valence electrons. The largest absolute Gasteiger partial charge is 0.405 e. The zero-order valence-electron chi connectivity index (χ0n) is 11.1. The van der Waals surface area contributed by atoms with Crippen molar-refractivity contribution in [2.45, 2.75) is 6.42 Å². The average molecular weight is 210 g/mol. The lowest BCUT2D eigenvalue weighted by Gasteiger charge is -2.11.